The van der Waals surface area contributed by atoms with Gasteiger partial charge in [-0.05, 0) is 11.0 Å². The zero-order valence-corrected chi connectivity index (χ0v) is 7.36. The molecule has 0 saturated carbocycles. The van der Waals surface area contributed by atoms with Crippen molar-refractivity contribution in [3.8, 4) is 0 Å². The summed E-state index contributed by atoms with van der Waals surface area (Å²) in [6, 6.07) is 0. The summed E-state index contributed by atoms with van der Waals surface area (Å²) >= 11 is 0. The lowest BCUT2D eigenvalue weighted by Gasteiger charge is -2.04. The van der Waals surface area contributed by atoms with E-state index in [0.29, 0.717) is 4.57 Å². The highest BCUT2D eigenvalue weighted by atomic mass is 19.4. The molecule has 15 heavy (non-hydrogen) atoms. The van der Waals surface area contributed by atoms with E-state index in [2.05, 4.69) is 11.6 Å². The van der Waals surface area contributed by atoms with Crippen LogP contribution >= 0.6 is 0 Å². The van der Waals surface area contributed by atoms with Crippen LogP contribution in [0.25, 0.3) is 6.08 Å². The van der Waals surface area contributed by atoms with Gasteiger partial charge in [0.25, 0.3) is 0 Å². The highest BCUT2D eigenvalue weighted by molar-refractivity contribution is 5.42. The molecule has 1 rings (SSSR count). The number of rotatable bonds is 3. The Morgan fingerprint density at radius 2 is 2.27 bits per heavy atom. The third kappa shape index (κ3) is 2.79. The van der Waals surface area contributed by atoms with Gasteiger partial charge in [-0.3, -0.25) is 0 Å². The minimum absolute atomic E-state index is 0.0333. The van der Waals surface area contributed by atoms with Gasteiger partial charge in [-0.2, -0.15) is 13.2 Å². The van der Waals surface area contributed by atoms with Crippen molar-refractivity contribution < 1.29 is 18.1 Å². The normalized spacial score (nSPS) is 11.4. The Kier molecular flexibility index (Phi) is 2.78. The summed E-state index contributed by atoms with van der Waals surface area (Å²) in [4.78, 5) is 12.7. The molecule has 1 heterocycles. The van der Waals surface area contributed by atoms with Crippen molar-refractivity contribution in [1.29, 1.82) is 0 Å². The van der Waals surface area contributed by atoms with Crippen LogP contribution in [-0.2, 0) is 6.54 Å². The fourth-order valence-corrected chi connectivity index (χ4v) is 0.980. The quantitative estimate of drug-likeness (QED) is 0.579. The second-order valence-corrected chi connectivity index (χ2v) is 2.67. The summed E-state index contributed by atoms with van der Waals surface area (Å²) < 4.78 is 36.4. The molecule has 0 aliphatic rings. The summed E-state index contributed by atoms with van der Waals surface area (Å²) in [5.74, 6) is -0.845. The van der Waals surface area contributed by atoms with E-state index >= 15 is 0 Å². The minimum atomic E-state index is -4.52. The lowest BCUT2D eigenvalue weighted by Crippen LogP contribution is -2.18. The van der Waals surface area contributed by atoms with Crippen molar-refractivity contribution in [2.24, 2.45) is 0 Å². The molecule has 0 bridgehead atoms. The number of nitro groups is 1. The van der Waals surface area contributed by atoms with Crippen LogP contribution in [0.5, 0.6) is 0 Å². The maximum Gasteiger partial charge on any atom is 0.435 e. The molecule has 82 valence electrons. The number of halogens is 3. The number of imidazole rings is 1. The van der Waals surface area contributed by atoms with Gasteiger partial charge in [-0.1, -0.05) is 11.6 Å². The van der Waals surface area contributed by atoms with Crippen LogP contribution in [-0.4, -0.2) is 20.7 Å². The molecule has 0 radical (unpaired) electrons. The summed E-state index contributed by atoms with van der Waals surface area (Å²) in [6.07, 6.45) is -2.46. The fraction of sp³-hybridized carbons (Fsp3) is 0.286. The zero-order valence-electron chi connectivity index (χ0n) is 7.36. The molecule has 5 nitrogen and oxygen atoms in total. The first-order valence-electron chi connectivity index (χ1n) is 3.74. The SMILES string of the molecule is C=Cc1cn(CC(F)(F)F)c([N+](=O)[O-])n1. The second kappa shape index (κ2) is 3.71. The van der Waals surface area contributed by atoms with E-state index in [1.807, 2.05) is 0 Å². The molecule has 1 aromatic rings. The molecule has 0 spiro atoms. The van der Waals surface area contributed by atoms with E-state index < -0.39 is 23.6 Å². The first-order chi connectivity index (χ1) is 6.83. The predicted molar refractivity (Wildman–Crippen MR) is 45.0 cm³/mol. The van der Waals surface area contributed by atoms with Crippen molar-refractivity contribution >= 4 is 12.0 Å². The molecule has 0 unspecified atom stereocenters. The van der Waals surface area contributed by atoms with Gasteiger partial charge < -0.3 is 10.1 Å². The van der Waals surface area contributed by atoms with Gasteiger partial charge in [0.15, 0.2) is 12.2 Å². The summed E-state index contributed by atoms with van der Waals surface area (Å²) in [5, 5.41) is 10.4. The van der Waals surface area contributed by atoms with Crippen molar-refractivity contribution in [2.45, 2.75) is 12.7 Å². The Morgan fingerprint density at radius 3 is 2.67 bits per heavy atom. The lowest BCUT2D eigenvalue weighted by molar-refractivity contribution is -0.397. The van der Waals surface area contributed by atoms with Crippen LogP contribution in [0.1, 0.15) is 5.69 Å². The molecule has 0 aliphatic heterocycles. The second-order valence-electron chi connectivity index (χ2n) is 2.67. The van der Waals surface area contributed by atoms with Crippen LogP contribution in [0.3, 0.4) is 0 Å². The van der Waals surface area contributed by atoms with Gasteiger partial charge in [-0.25, -0.2) is 4.57 Å². The van der Waals surface area contributed by atoms with E-state index in [4.69, 9.17) is 0 Å². The van der Waals surface area contributed by atoms with Crippen LogP contribution < -0.4 is 0 Å². The number of nitrogens with zero attached hydrogens (tertiary/aromatic N) is 3. The van der Waals surface area contributed by atoms with Gasteiger partial charge in [0.1, 0.15) is 6.20 Å². The molecule has 0 N–H and O–H groups in total. The molecule has 0 amide bonds. The predicted octanol–water partition coefficient (Wildman–Crippen LogP) is 2.00. The van der Waals surface area contributed by atoms with Crippen molar-refractivity contribution in [1.82, 2.24) is 9.55 Å². The maximum atomic E-state index is 12.0. The highest BCUT2D eigenvalue weighted by Gasteiger charge is 2.33. The van der Waals surface area contributed by atoms with Crippen LogP contribution in [0.2, 0.25) is 0 Å². The molecular formula is C7H6F3N3O2. The van der Waals surface area contributed by atoms with Crippen LogP contribution in [0.15, 0.2) is 12.8 Å². The van der Waals surface area contributed by atoms with Crippen LogP contribution in [0.4, 0.5) is 19.1 Å². The van der Waals surface area contributed by atoms with E-state index in [0.717, 1.165) is 12.3 Å². The van der Waals surface area contributed by atoms with Gasteiger partial charge in [0.2, 0.25) is 0 Å². The molecule has 0 fully saturated rings. The Morgan fingerprint density at radius 1 is 1.67 bits per heavy atom. The monoisotopic (exact) mass is 221 g/mol. The smallest absolute Gasteiger partial charge is 0.390 e. The zero-order chi connectivity index (χ0) is 11.6. The lowest BCUT2D eigenvalue weighted by atomic mass is 10.5. The Hall–Kier alpha value is -1.86. The molecular weight excluding hydrogens is 215 g/mol. The number of aromatic nitrogens is 2. The molecule has 1 aromatic heterocycles. The average molecular weight is 221 g/mol. The number of hydrogen-bond donors (Lipinski definition) is 0. The van der Waals surface area contributed by atoms with Gasteiger partial charge >= 0.3 is 12.1 Å². The fourth-order valence-electron chi connectivity index (χ4n) is 0.980. The van der Waals surface area contributed by atoms with Crippen LogP contribution in [0, 0.1) is 10.1 Å². The number of alkyl halides is 3. The highest BCUT2D eigenvalue weighted by Crippen LogP contribution is 2.21. The Bertz CT molecular complexity index is 397. The first-order valence-corrected chi connectivity index (χ1v) is 3.74. The van der Waals surface area contributed by atoms with E-state index in [9.17, 15) is 23.3 Å². The molecule has 0 aliphatic carbocycles. The average Bonchev–Trinajstić information content (AvgIpc) is 2.44. The van der Waals surface area contributed by atoms with E-state index in [1.54, 1.807) is 0 Å². The largest absolute Gasteiger partial charge is 0.435 e. The van der Waals surface area contributed by atoms with Gasteiger partial charge in [0.05, 0.1) is 0 Å². The summed E-state index contributed by atoms with van der Waals surface area (Å²) in [6.45, 7) is 1.82. The summed E-state index contributed by atoms with van der Waals surface area (Å²) in [5.41, 5.74) is 0.0333. The van der Waals surface area contributed by atoms with Crippen molar-refractivity contribution in [3.63, 3.8) is 0 Å². The maximum absolute atomic E-state index is 12.0. The van der Waals surface area contributed by atoms with Gasteiger partial charge in [-0.15, -0.1) is 0 Å². The first kappa shape index (κ1) is 11.2. The van der Waals surface area contributed by atoms with E-state index in [-0.39, 0.29) is 5.69 Å². The molecule has 0 aromatic carbocycles. The topological polar surface area (TPSA) is 61.0 Å². The minimum Gasteiger partial charge on any atom is -0.390 e. The van der Waals surface area contributed by atoms with Crippen molar-refractivity contribution in [3.05, 3.63) is 28.6 Å². The Balaban J connectivity index is 3.09. The molecule has 0 saturated heterocycles. The number of hydrogen-bond acceptors (Lipinski definition) is 3. The molecule has 8 heteroatoms. The molecule has 0 atom stereocenters. The Labute approximate surface area is 82.0 Å². The standard InChI is InChI=1S/C7H6F3N3O2/c1-2-5-3-12(4-7(8,9)10)6(11-5)13(14)15/h2-3H,1,4H2. The van der Waals surface area contributed by atoms with Gasteiger partial charge in [0, 0.05) is 0 Å². The third-order valence-corrected chi connectivity index (χ3v) is 1.50. The third-order valence-electron chi connectivity index (χ3n) is 1.50. The van der Waals surface area contributed by atoms with Crippen molar-refractivity contribution in [2.75, 3.05) is 0 Å². The van der Waals surface area contributed by atoms with E-state index in [1.165, 1.54) is 0 Å². The summed E-state index contributed by atoms with van der Waals surface area (Å²) in [7, 11) is 0.